The van der Waals surface area contributed by atoms with Crippen molar-refractivity contribution in [3.63, 3.8) is 0 Å². The zero-order chi connectivity index (χ0) is 16.6. The van der Waals surface area contributed by atoms with Gasteiger partial charge in [0.1, 0.15) is 11.4 Å². The van der Waals surface area contributed by atoms with Crippen molar-refractivity contribution >= 4 is 17.5 Å². The Labute approximate surface area is 142 Å². The molecule has 3 rings (SSSR count). The number of halogens is 2. The SMILES string of the molecule is CC1(C)C(=O)N(C2CCCCCC2)N1Cc1cc(F)ccc1Cl. The first-order valence-electron chi connectivity index (χ1n) is 8.46. The lowest BCUT2D eigenvalue weighted by Gasteiger charge is -2.58. The quantitative estimate of drug-likeness (QED) is 0.755. The first-order chi connectivity index (χ1) is 10.9. The van der Waals surface area contributed by atoms with Gasteiger partial charge >= 0.3 is 0 Å². The summed E-state index contributed by atoms with van der Waals surface area (Å²) in [6.07, 6.45) is 6.94. The summed E-state index contributed by atoms with van der Waals surface area (Å²) < 4.78 is 13.5. The van der Waals surface area contributed by atoms with Gasteiger partial charge in [0.25, 0.3) is 5.91 Å². The molecule has 1 aliphatic heterocycles. The molecule has 126 valence electrons. The lowest BCUT2D eigenvalue weighted by atomic mass is 9.93. The zero-order valence-electron chi connectivity index (χ0n) is 13.8. The molecule has 2 fully saturated rings. The molecule has 1 heterocycles. The predicted molar refractivity (Wildman–Crippen MR) is 89.4 cm³/mol. The minimum Gasteiger partial charge on any atom is -0.271 e. The smallest absolute Gasteiger partial charge is 0.258 e. The van der Waals surface area contributed by atoms with E-state index in [1.54, 1.807) is 6.07 Å². The Morgan fingerprint density at radius 2 is 1.87 bits per heavy atom. The summed E-state index contributed by atoms with van der Waals surface area (Å²) in [6.45, 7) is 4.32. The summed E-state index contributed by atoms with van der Waals surface area (Å²) in [6, 6.07) is 4.68. The highest BCUT2D eigenvalue weighted by Crippen LogP contribution is 2.38. The number of hydrazine groups is 1. The van der Waals surface area contributed by atoms with E-state index in [4.69, 9.17) is 11.6 Å². The van der Waals surface area contributed by atoms with Crippen LogP contribution in [0.25, 0.3) is 0 Å². The standard InChI is InChI=1S/C18H24ClFN2O/c1-18(2)17(23)22(15-7-5-3-4-6-8-15)21(18)12-13-11-14(20)9-10-16(13)19/h9-11,15H,3-8,12H2,1-2H3. The van der Waals surface area contributed by atoms with Gasteiger partial charge in [-0.3, -0.25) is 9.80 Å². The van der Waals surface area contributed by atoms with Crippen LogP contribution in [0, 0.1) is 5.82 Å². The zero-order valence-corrected chi connectivity index (χ0v) is 14.6. The van der Waals surface area contributed by atoms with Crippen LogP contribution >= 0.6 is 11.6 Å². The lowest BCUT2D eigenvalue weighted by Crippen LogP contribution is -2.76. The van der Waals surface area contributed by atoms with Crippen LogP contribution in [0.5, 0.6) is 0 Å². The summed E-state index contributed by atoms with van der Waals surface area (Å²) in [5.41, 5.74) is 0.174. The van der Waals surface area contributed by atoms with Crippen molar-refractivity contribution in [2.24, 2.45) is 0 Å². The molecular formula is C18H24ClFN2O. The molecule has 0 spiro atoms. The normalized spacial score (nSPS) is 22.8. The van der Waals surface area contributed by atoms with Crippen LogP contribution in [0.1, 0.15) is 57.9 Å². The lowest BCUT2D eigenvalue weighted by molar-refractivity contribution is -0.230. The largest absolute Gasteiger partial charge is 0.271 e. The summed E-state index contributed by atoms with van der Waals surface area (Å²) in [5, 5.41) is 4.51. The molecule has 0 aromatic heterocycles. The molecule has 0 atom stereocenters. The van der Waals surface area contributed by atoms with Gasteiger partial charge in [0, 0.05) is 17.6 Å². The van der Waals surface area contributed by atoms with Crippen molar-refractivity contribution in [1.29, 1.82) is 0 Å². The van der Waals surface area contributed by atoms with Crippen LogP contribution in [-0.2, 0) is 11.3 Å². The Bertz CT molecular complexity index is 597. The van der Waals surface area contributed by atoms with Gasteiger partial charge in [0.15, 0.2) is 0 Å². The number of carbonyl (C=O) groups is 1. The first-order valence-corrected chi connectivity index (χ1v) is 8.84. The summed E-state index contributed by atoms with van der Waals surface area (Å²) in [5.74, 6) is -0.132. The number of nitrogens with zero attached hydrogens (tertiary/aromatic N) is 2. The Balaban J connectivity index is 1.82. The fourth-order valence-electron chi connectivity index (χ4n) is 3.69. The van der Waals surface area contributed by atoms with E-state index in [9.17, 15) is 9.18 Å². The van der Waals surface area contributed by atoms with Gasteiger partial charge in [-0.25, -0.2) is 4.39 Å². The third-order valence-corrected chi connectivity index (χ3v) is 5.50. The summed E-state index contributed by atoms with van der Waals surface area (Å²) >= 11 is 6.21. The van der Waals surface area contributed by atoms with Crippen molar-refractivity contribution < 1.29 is 9.18 Å². The second-order valence-corrected chi connectivity index (χ2v) is 7.55. The van der Waals surface area contributed by atoms with Gasteiger partial charge in [-0.2, -0.15) is 5.01 Å². The Morgan fingerprint density at radius 1 is 1.22 bits per heavy atom. The van der Waals surface area contributed by atoms with Crippen molar-refractivity contribution in [2.45, 2.75) is 70.5 Å². The van der Waals surface area contributed by atoms with Crippen LogP contribution in [0.15, 0.2) is 18.2 Å². The highest BCUT2D eigenvalue weighted by atomic mass is 35.5. The predicted octanol–water partition coefficient (Wildman–Crippen LogP) is 4.54. The van der Waals surface area contributed by atoms with Crippen molar-refractivity contribution in [2.75, 3.05) is 0 Å². The maximum absolute atomic E-state index is 13.5. The maximum Gasteiger partial charge on any atom is 0.258 e. The topological polar surface area (TPSA) is 23.6 Å². The highest BCUT2D eigenvalue weighted by molar-refractivity contribution is 6.31. The minimum atomic E-state index is -0.554. The van der Waals surface area contributed by atoms with E-state index in [1.807, 2.05) is 18.9 Å². The van der Waals surface area contributed by atoms with E-state index in [1.165, 1.54) is 37.8 Å². The van der Waals surface area contributed by atoms with Gasteiger partial charge in [0.05, 0.1) is 0 Å². The molecular weight excluding hydrogens is 315 g/mol. The molecule has 23 heavy (non-hydrogen) atoms. The van der Waals surface area contributed by atoms with Crippen LogP contribution < -0.4 is 0 Å². The van der Waals surface area contributed by atoms with Crippen LogP contribution in [-0.4, -0.2) is 27.5 Å². The maximum atomic E-state index is 13.5. The Morgan fingerprint density at radius 3 is 2.52 bits per heavy atom. The van der Waals surface area contributed by atoms with Crippen LogP contribution in [0.4, 0.5) is 4.39 Å². The first kappa shape index (κ1) is 16.7. The number of benzene rings is 1. The van der Waals surface area contributed by atoms with E-state index in [2.05, 4.69) is 5.01 Å². The van der Waals surface area contributed by atoms with E-state index >= 15 is 0 Å². The third kappa shape index (κ3) is 3.11. The van der Waals surface area contributed by atoms with Crippen molar-refractivity contribution in [3.05, 3.63) is 34.6 Å². The van der Waals surface area contributed by atoms with E-state index in [0.29, 0.717) is 11.6 Å². The molecule has 0 radical (unpaired) electrons. The molecule has 0 unspecified atom stereocenters. The van der Waals surface area contributed by atoms with Crippen LogP contribution in [0.2, 0.25) is 5.02 Å². The van der Waals surface area contributed by atoms with E-state index in [0.717, 1.165) is 18.4 Å². The number of carbonyl (C=O) groups excluding carboxylic acids is 1. The fourth-order valence-corrected chi connectivity index (χ4v) is 3.87. The number of hydrogen-bond acceptors (Lipinski definition) is 2. The highest BCUT2D eigenvalue weighted by Gasteiger charge is 2.54. The molecule has 5 heteroatoms. The van der Waals surface area contributed by atoms with Crippen molar-refractivity contribution in [1.82, 2.24) is 10.0 Å². The summed E-state index contributed by atoms with van der Waals surface area (Å²) in [7, 11) is 0. The van der Waals surface area contributed by atoms with Crippen LogP contribution in [0.3, 0.4) is 0 Å². The Hall–Kier alpha value is -1.13. The second kappa shape index (κ2) is 6.40. The van der Waals surface area contributed by atoms with Gasteiger partial charge in [-0.05, 0) is 50.5 Å². The summed E-state index contributed by atoms with van der Waals surface area (Å²) in [4.78, 5) is 12.6. The molecule has 0 N–H and O–H groups in total. The van der Waals surface area contributed by atoms with Gasteiger partial charge in [-0.15, -0.1) is 0 Å². The van der Waals surface area contributed by atoms with Crippen molar-refractivity contribution in [3.8, 4) is 0 Å². The molecule has 1 aromatic rings. The average molecular weight is 339 g/mol. The molecule has 0 bridgehead atoms. The van der Waals surface area contributed by atoms with Gasteiger partial charge in [-0.1, -0.05) is 37.3 Å². The van der Waals surface area contributed by atoms with E-state index < -0.39 is 5.54 Å². The number of amides is 1. The third-order valence-electron chi connectivity index (χ3n) is 5.14. The molecule has 1 amide bonds. The molecule has 1 saturated carbocycles. The molecule has 1 aromatic carbocycles. The Kier molecular flexibility index (Phi) is 4.65. The fraction of sp³-hybridized carbons (Fsp3) is 0.611. The average Bonchev–Trinajstić information content (AvgIpc) is 2.79. The monoisotopic (exact) mass is 338 g/mol. The number of hydrogen-bond donors (Lipinski definition) is 0. The molecule has 2 aliphatic rings. The minimum absolute atomic E-state index is 0.164. The number of rotatable bonds is 3. The van der Waals surface area contributed by atoms with Gasteiger partial charge in [0.2, 0.25) is 0 Å². The molecule has 1 saturated heterocycles. The second-order valence-electron chi connectivity index (χ2n) is 7.15. The van der Waals surface area contributed by atoms with Gasteiger partial charge < -0.3 is 0 Å². The molecule has 3 nitrogen and oxygen atoms in total. The molecule has 1 aliphatic carbocycles. The van der Waals surface area contributed by atoms with E-state index in [-0.39, 0.29) is 17.8 Å².